The average molecular weight is 327 g/mol. The van der Waals surface area contributed by atoms with Crippen molar-refractivity contribution in [3.8, 4) is 0 Å². The predicted octanol–water partition coefficient (Wildman–Crippen LogP) is 3.77. The third kappa shape index (κ3) is 3.46. The molecule has 3 nitrogen and oxygen atoms in total. The van der Waals surface area contributed by atoms with Gasteiger partial charge in [0.05, 0.1) is 21.3 Å². The Hall–Kier alpha value is -0.650. The first-order valence-corrected chi connectivity index (χ1v) is 7.39. The van der Waals surface area contributed by atoms with E-state index in [1.807, 2.05) is 0 Å². The van der Waals surface area contributed by atoms with Gasteiger partial charge in [-0.15, -0.1) is 0 Å². The van der Waals surface area contributed by atoms with Crippen LogP contribution in [0.1, 0.15) is 35.3 Å². The van der Waals surface area contributed by atoms with Gasteiger partial charge < -0.3 is 5.11 Å². The summed E-state index contributed by atoms with van der Waals surface area (Å²) in [4.78, 5) is 11.1. The number of hydrogen-bond acceptors (Lipinski definition) is 2. The van der Waals surface area contributed by atoms with Gasteiger partial charge in [0.15, 0.2) is 0 Å². The maximum absolute atomic E-state index is 13.8. The summed E-state index contributed by atoms with van der Waals surface area (Å²) in [6, 6.07) is 2.36. The predicted molar refractivity (Wildman–Crippen MR) is 74.2 cm³/mol. The zero-order valence-electron chi connectivity index (χ0n) is 10.5. The second kappa shape index (κ2) is 5.77. The van der Waals surface area contributed by atoms with Crippen molar-refractivity contribution in [3.63, 3.8) is 0 Å². The molecule has 0 amide bonds. The topological polar surface area (TPSA) is 54.4 Å². The molecule has 0 spiro atoms. The van der Waals surface area contributed by atoms with Crippen LogP contribution in [0.3, 0.4) is 0 Å². The Morgan fingerprint density at radius 3 is 2.32 bits per heavy atom. The molecule has 0 radical (unpaired) electrons. The number of halogens is 3. The van der Waals surface area contributed by atoms with Crippen LogP contribution < -0.4 is 0 Å². The highest BCUT2D eigenvalue weighted by Crippen LogP contribution is 2.40. The van der Waals surface area contributed by atoms with E-state index >= 15 is 0 Å². The van der Waals surface area contributed by atoms with Crippen LogP contribution in [-0.2, 0) is 15.4 Å². The molecule has 0 aliphatic rings. The molecule has 0 saturated heterocycles. The van der Waals surface area contributed by atoms with Crippen LogP contribution >= 0.6 is 23.2 Å². The minimum absolute atomic E-state index is 0.0439. The van der Waals surface area contributed by atoms with Crippen LogP contribution in [0.4, 0.5) is 4.39 Å². The lowest BCUT2D eigenvalue weighted by atomic mass is 10.1. The molecule has 1 rings (SSSR count). The molecule has 0 aliphatic heterocycles. The Labute approximate surface area is 123 Å². The molecule has 1 atom stereocenters. The molecular formula is C12H13Cl2FO3S. The third-order valence-electron chi connectivity index (χ3n) is 2.57. The Bertz CT molecular complexity index is 539. The van der Waals surface area contributed by atoms with Crippen LogP contribution in [0.15, 0.2) is 17.0 Å². The Morgan fingerprint density at radius 1 is 1.42 bits per heavy atom. The molecule has 106 valence electrons. The molecule has 0 saturated carbocycles. The van der Waals surface area contributed by atoms with Crippen molar-refractivity contribution in [1.82, 2.24) is 0 Å². The van der Waals surface area contributed by atoms with Crippen molar-refractivity contribution in [2.75, 3.05) is 0 Å². The summed E-state index contributed by atoms with van der Waals surface area (Å²) < 4.78 is 23.3. The molecule has 0 aromatic heterocycles. The number of alkyl halides is 3. The summed E-state index contributed by atoms with van der Waals surface area (Å²) in [5, 5.41) is 8.72. The van der Waals surface area contributed by atoms with Crippen molar-refractivity contribution < 1.29 is 18.5 Å². The van der Waals surface area contributed by atoms with Crippen molar-refractivity contribution in [1.29, 1.82) is 0 Å². The van der Waals surface area contributed by atoms with E-state index in [-0.39, 0.29) is 26.8 Å². The summed E-state index contributed by atoms with van der Waals surface area (Å²) in [5.41, 5.74) is -0.0175. The van der Waals surface area contributed by atoms with Crippen LogP contribution in [0.25, 0.3) is 0 Å². The van der Waals surface area contributed by atoms with Gasteiger partial charge in [-0.2, -0.15) is 0 Å². The first-order valence-electron chi connectivity index (χ1n) is 5.42. The van der Waals surface area contributed by atoms with E-state index in [4.69, 9.17) is 28.3 Å². The van der Waals surface area contributed by atoms with E-state index in [0.717, 1.165) is 6.07 Å². The Morgan fingerprint density at radius 2 is 1.95 bits per heavy atom. The minimum atomic E-state index is -2.72. The molecule has 1 aromatic rings. The van der Waals surface area contributed by atoms with Gasteiger partial charge in [0.1, 0.15) is 0 Å². The maximum atomic E-state index is 13.8. The first-order chi connectivity index (χ1) is 8.57. The Balaban J connectivity index is 3.65. The largest absolute Gasteiger partial charge is 0.478 e. The highest BCUT2D eigenvalue weighted by molar-refractivity contribution is 7.85. The quantitative estimate of drug-likeness (QED) is 0.857. The second-order valence-corrected chi connectivity index (χ2v) is 7.44. The van der Waals surface area contributed by atoms with Gasteiger partial charge in [0, 0.05) is 10.8 Å². The molecule has 0 bridgehead atoms. The van der Waals surface area contributed by atoms with E-state index in [0.29, 0.717) is 0 Å². The summed E-state index contributed by atoms with van der Waals surface area (Å²) in [7, 11) is -1.60. The molecule has 19 heavy (non-hydrogen) atoms. The minimum Gasteiger partial charge on any atom is -0.478 e. The summed E-state index contributed by atoms with van der Waals surface area (Å²) >= 11 is 10.9. The van der Waals surface area contributed by atoms with Crippen LogP contribution in [-0.4, -0.2) is 20.5 Å². The summed E-state index contributed by atoms with van der Waals surface area (Å²) in [6.07, 6.45) is 0. The molecule has 7 heteroatoms. The smallest absolute Gasteiger partial charge is 0.335 e. The van der Waals surface area contributed by atoms with Crippen molar-refractivity contribution in [2.45, 2.75) is 35.5 Å². The number of aromatic carboxylic acids is 1. The molecule has 0 heterocycles. The van der Waals surface area contributed by atoms with Crippen molar-refractivity contribution in [2.24, 2.45) is 0 Å². The highest BCUT2D eigenvalue weighted by atomic mass is 35.5. The van der Waals surface area contributed by atoms with E-state index in [1.54, 1.807) is 13.8 Å². The number of rotatable bonds is 4. The van der Waals surface area contributed by atoms with E-state index in [9.17, 15) is 13.4 Å². The molecule has 1 aromatic carbocycles. The van der Waals surface area contributed by atoms with Gasteiger partial charge in [-0.1, -0.05) is 43.1 Å². The number of hydrogen-bond donors (Lipinski definition) is 1. The van der Waals surface area contributed by atoms with Gasteiger partial charge in [-0.05, 0) is 18.6 Å². The Kier molecular flexibility index (Phi) is 4.98. The fourth-order valence-corrected chi connectivity index (χ4v) is 3.38. The normalized spacial score (nSPS) is 13.6. The molecule has 1 N–H and O–H groups in total. The highest BCUT2D eigenvalue weighted by Gasteiger charge is 2.33. The SMILES string of the molecule is Cc1c(C(=O)O)ccc(C(F)(Cl)Cl)c1[S@](=O)C(C)C. The fraction of sp³-hybridized carbons (Fsp3) is 0.417. The summed E-state index contributed by atoms with van der Waals surface area (Å²) in [6.45, 7) is 4.81. The van der Waals surface area contributed by atoms with E-state index < -0.39 is 21.4 Å². The molecule has 0 aliphatic carbocycles. The number of carbonyl (C=O) groups is 1. The van der Waals surface area contributed by atoms with Gasteiger partial charge in [0.25, 0.3) is 4.59 Å². The maximum Gasteiger partial charge on any atom is 0.335 e. The van der Waals surface area contributed by atoms with E-state index in [2.05, 4.69) is 0 Å². The average Bonchev–Trinajstić information content (AvgIpc) is 2.25. The zero-order valence-corrected chi connectivity index (χ0v) is 12.9. The van der Waals surface area contributed by atoms with Crippen molar-refractivity contribution in [3.05, 3.63) is 28.8 Å². The molecule has 0 unspecified atom stereocenters. The lowest BCUT2D eigenvalue weighted by Crippen LogP contribution is -2.17. The lowest BCUT2D eigenvalue weighted by Gasteiger charge is -2.19. The van der Waals surface area contributed by atoms with Gasteiger partial charge in [-0.3, -0.25) is 4.21 Å². The fourth-order valence-electron chi connectivity index (χ4n) is 1.64. The van der Waals surface area contributed by atoms with Crippen molar-refractivity contribution >= 4 is 40.0 Å². The monoisotopic (exact) mass is 326 g/mol. The third-order valence-corrected chi connectivity index (χ3v) is 4.76. The first kappa shape index (κ1) is 16.4. The van der Waals surface area contributed by atoms with Crippen LogP contribution in [0, 0.1) is 6.92 Å². The zero-order chi connectivity index (χ0) is 15.0. The lowest BCUT2D eigenvalue weighted by molar-refractivity contribution is 0.0695. The molecular weight excluding hydrogens is 314 g/mol. The molecule has 0 fully saturated rings. The van der Waals surface area contributed by atoms with Gasteiger partial charge in [-0.25, -0.2) is 9.18 Å². The number of benzene rings is 1. The van der Waals surface area contributed by atoms with Gasteiger partial charge >= 0.3 is 5.97 Å². The standard InChI is InChI=1S/C12H13Cl2FO3S/c1-6(2)19(18)10-7(3)8(11(16)17)4-5-9(10)12(13,14)15/h4-6H,1-3H3,(H,16,17)/t19-/m1/s1. The number of carboxylic acid groups (broad SMARTS) is 1. The van der Waals surface area contributed by atoms with Gasteiger partial charge in [0.2, 0.25) is 0 Å². The second-order valence-electron chi connectivity index (χ2n) is 4.26. The van der Waals surface area contributed by atoms with Crippen LogP contribution in [0.5, 0.6) is 0 Å². The van der Waals surface area contributed by atoms with E-state index in [1.165, 1.54) is 13.0 Å². The summed E-state index contributed by atoms with van der Waals surface area (Å²) in [5.74, 6) is -1.18. The van der Waals surface area contributed by atoms with Crippen LogP contribution in [0.2, 0.25) is 0 Å². The number of carboxylic acids is 1.